The first-order valence-electron chi connectivity index (χ1n) is 7.60. The Morgan fingerprint density at radius 1 is 1.38 bits per heavy atom. The van der Waals surface area contributed by atoms with Crippen molar-refractivity contribution in [2.45, 2.75) is 39.4 Å². The molecule has 1 aliphatic heterocycles. The summed E-state index contributed by atoms with van der Waals surface area (Å²) in [5, 5.41) is 3.56. The summed E-state index contributed by atoms with van der Waals surface area (Å²) in [4.78, 5) is 7.00. The van der Waals surface area contributed by atoms with E-state index in [9.17, 15) is 0 Å². The van der Waals surface area contributed by atoms with Crippen LogP contribution in [-0.4, -0.2) is 49.3 Å². The number of rotatable bonds is 5. The molecule has 2 atom stereocenters. The van der Waals surface area contributed by atoms with Crippen LogP contribution < -0.4 is 14.8 Å². The predicted octanol–water partition coefficient (Wildman–Crippen LogP) is 1.92. The molecule has 2 heterocycles. The fourth-order valence-electron chi connectivity index (χ4n) is 3.00. The minimum atomic E-state index is 0.497. The summed E-state index contributed by atoms with van der Waals surface area (Å²) < 4.78 is 10.9. The molecule has 1 aliphatic rings. The van der Waals surface area contributed by atoms with E-state index in [1.807, 2.05) is 6.07 Å². The van der Waals surface area contributed by atoms with E-state index < -0.39 is 0 Å². The van der Waals surface area contributed by atoms with Crippen LogP contribution in [0.25, 0.3) is 0 Å². The van der Waals surface area contributed by atoms with Crippen LogP contribution in [0.4, 0.5) is 0 Å². The largest absolute Gasteiger partial charge is 0.493 e. The Kier molecular flexibility index (Phi) is 5.42. The van der Waals surface area contributed by atoms with E-state index in [1.165, 1.54) is 0 Å². The zero-order valence-electron chi connectivity index (χ0n) is 13.7. The topological polar surface area (TPSA) is 46.6 Å². The second kappa shape index (κ2) is 7.09. The summed E-state index contributed by atoms with van der Waals surface area (Å²) in [7, 11) is 3.33. The van der Waals surface area contributed by atoms with Gasteiger partial charge in [-0.1, -0.05) is 13.8 Å². The van der Waals surface area contributed by atoms with Crippen molar-refractivity contribution in [3.63, 3.8) is 0 Å². The third-order valence-corrected chi connectivity index (χ3v) is 4.14. The van der Waals surface area contributed by atoms with E-state index in [0.717, 1.165) is 36.8 Å². The fourth-order valence-corrected chi connectivity index (χ4v) is 3.00. The van der Waals surface area contributed by atoms with E-state index in [1.54, 1.807) is 20.4 Å². The van der Waals surface area contributed by atoms with Crippen molar-refractivity contribution in [1.29, 1.82) is 0 Å². The molecule has 0 aromatic carbocycles. The molecule has 0 radical (unpaired) electrons. The first-order valence-corrected chi connectivity index (χ1v) is 7.60. The Balaban J connectivity index is 2.22. The molecule has 1 fully saturated rings. The van der Waals surface area contributed by atoms with Crippen LogP contribution in [0.15, 0.2) is 12.3 Å². The third-order valence-electron chi connectivity index (χ3n) is 4.14. The highest BCUT2D eigenvalue weighted by Crippen LogP contribution is 2.31. The van der Waals surface area contributed by atoms with Crippen molar-refractivity contribution in [2.24, 2.45) is 5.92 Å². The molecular formula is C16H27N3O2. The monoisotopic (exact) mass is 293 g/mol. The molecule has 1 N–H and O–H groups in total. The molecule has 0 saturated carbocycles. The Labute approximate surface area is 127 Å². The average Bonchev–Trinajstić information content (AvgIpc) is 2.46. The Bertz CT molecular complexity index is 465. The maximum atomic E-state index is 5.50. The second-order valence-corrected chi connectivity index (χ2v) is 6.04. The molecule has 1 aromatic rings. The van der Waals surface area contributed by atoms with Gasteiger partial charge in [0.25, 0.3) is 0 Å². The minimum absolute atomic E-state index is 0.497. The van der Waals surface area contributed by atoms with Crippen molar-refractivity contribution in [2.75, 3.05) is 27.3 Å². The summed E-state index contributed by atoms with van der Waals surface area (Å²) >= 11 is 0. The lowest BCUT2D eigenvalue weighted by molar-refractivity contribution is 0.0931. The van der Waals surface area contributed by atoms with Gasteiger partial charge in [0, 0.05) is 44.0 Å². The number of nitrogens with one attached hydrogen (secondary N) is 1. The van der Waals surface area contributed by atoms with Crippen LogP contribution in [0, 0.1) is 5.92 Å². The van der Waals surface area contributed by atoms with Gasteiger partial charge in [-0.15, -0.1) is 0 Å². The van der Waals surface area contributed by atoms with E-state index >= 15 is 0 Å². The standard InChI is InChI=1S/C16H27N3O2/c1-11(2)14-8-18-12(3)9-19(14)10-13-16(21-5)15(20-4)6-7-17-13/h6-7,11-12,14,18H,8-10H2,1-5H3. The SMILES string of the molecule is COc1ccnc(CN2CC(C)NCC2C(C)C)c1OC. The molecule has 5 heteroatoms. The van der Waals surface area contributed by atoms with Gasteiger partial charge >= 0.3 is 0 Å². The first kappa shape index (κ1) is 16.0. The fraction of sp³-hybridized carbons (Fsp3) is 0.688. The molecule has 0 spiro atoms. The maximum Gasteiger partial charge on any atom is 0.183 e. The molecule has 1 aromatic heterocycles. The van der Waals surface area contributed by atoms with Crippen LogP contribution in [-0.2, 0) is 6.54 Å². The van der Waals surface area contributed by atoms with Gasteiger partial charge in [0.05, 0.1) is 14.2 Å². The Morgan fingerprint density at radius 2 is 2.14 bits per heavy atom. The normalized spacial score (nSPS) is 23.3. The highest BCUT2D eigenvalue weighted by molar-refractivity contribution is 5.42. The maximum absolute atomic E-state index is 5.50. The van der Waals surface area contributed by atoms with Crippen molar-refractivity contribution in [1.82, 2.24) is 15.2 Å². The first-order chi connectivity index (χ1) is 10.1. The van der Waals surface area contributed by atoms with Gasteiger partial charge in [-0.25, -0.2) is 0 Å². The molecular weight excluding hydrogens is 266 g/mol. The molecule has 1 saturated heterocycles. The lowest BCUT2D eigenvalue weighted by Crippen LogP contribution is -2.56. The number of hydrogen-bond acceptors (Lipinski definition) is 5. The number of pyridine rings is 1. The highest BCUT2D eigenvalue weighted by Gasteiger charge is 2.29. The minimum Gasteiger partial charge on any atom is -0.493 e. The summed E-state index contributed by atoms with van der Waals surface area (Å²) in [5.74, 6) is 2.09. The number of ether oxygens (including phenoxy) is 2. The van der Waals surface area contributed by atoms with Gasteiger partial charge in [-0.2, -0.15) is 0 Å². The third kappa shape index (κ3) is 3.66. The molecule has 2 unspecified atom stereocenters. The average molecular weight is 293 g/mol. The van der Waals surface area contributed by atoms with Gasteiger partial charge < -0.3 is 14.8 Å². The molecule has 0 aliphatic carbocycles. The molecule has 2 rings (SSSR count). The predicted molar refractivity (Wildman–Crippen MR) is 83.8 cm³/mol. The quantitative estimate of drug-likeness (QED) is 0.898. The molecule has 21 heavy (non-hydrogen) atoms. The number of nitrogens with zero attached hydrogens (tertiary/aromatic N) is 2. The number of piperazine rings is 1. The number of hydrogen-bond donors (Lipinski definition) is 1. The Morgan fingerprint density at radius 3 is 2.76 bits per heavy atom. The van der Waals surface area contributed by atoms with Crippen LogP contribution in [0.2, 0.25) is 0 Å². The number of aromatic nitrogens is 1. The Hall–Kier alpha value is -1.33. The number of methoxy groups -OCH3 is 2. The molecule has 118 valence electrons. The van der Waals surface area contributed by atoms with Gasteiger partial charge in [-0.3, -0.25) is 9.88 Å². The van der Waals surface area contributed by atoms with Crippen molar-refractivity contribution in [3.8, 4) is 11.5 Å². The van der Waals surface area contributed by atoms with E-state index in [2.05, 4.69) is 36.0 Å². The molecule has 0 bridgehead atoms. The molecule has 0 amide bonds. The zero-order valence-corrected chi connectivity index (χ0v) is 13.7. The zero-order chi connectivity index (χ0) is 15.4. The van der Waals surface area contributed by atoms with Crippen molar-refractivity contribution in [3.05, 3.63) is 18.0 Å². The van der Waals surface area contributed by atoms with Gasteiger partial charge in [0.15, 0.2) is 11.5 Å². The van der Waals surface area contributed by atoms with E-state index in [4.69, 9.17) is 9.47 Å². The van der Waals surface area contributed by atoms with Gasteiger partial charge in [0.2, 0.25) is 0 Å². The second-order valence-electron chi connectivity index (χ2n) is 6.04. The van der Waals surface area contributed by atoms with Crippen LogP contribution in [0.3, 0.4) is 0 Å². The highest BCUT2D eigenvalue weighted by atomic mass is 16.5. The van der Waals surface area contributed by atoms with Crippen LogP contribution in [0.5, 0.6) is 11.5 Å². The van der Waals surface area contributed by atoms with Gasteiger partial charge in [-0.05, 0) is 12.8 Å². The van der Waals surface area contributed by atoms with Crippen LogP contribution >= 0.6 is 0 Å². The smallest absolute Gasteiger partial charge is 0.183 e. The van der Waals surface area contributed by atoms with Crippen molar-refractivity contribution >= 4 is 0 Å². The lowest BCUT2D eigenvalue weighted by Gasteiger charge is -2.41. The van der Waals surface area contributed by atoms with Crippen molar-refractivity contribution < 1.29 is 9.47 Å². The summed E-state index contributed by atoms with van der Waals surface area (Å²) in [6.45, 7) is 9.59. The van der Waals surface area contributed by atoms with E-state index in [-0.39, 0.29) is 0 Å². The molecule has 5 nitrogen and oxygen atoms in total. The lowest BCUT2D eigenvalue weighted by atomic mass is 9.98. The summed E-state index contributed by atoms with van der Waals surface area (Å²) in [6, 6.07) is 2.85. The van der Waals surface area contributed by atoms with Gasteiger partial charge in [0.1, 0.15) is 5.69 Å². The summed E-state index contributed by atoms with van der Waals surface area (Å²) in [6.07, 6.45) is 1.78. The van der Waals surface area contributed by atoms with E-state index in [0.29, 0.717) is 18.0 Å². The summed E-state index contributed by atoms with van der Waals surface area (Å²) in [5.41, 5.74) is 0.941. The van der Waals surface area contributed by atoms with Crippen LogP contribution in [0.1, 0.15) is 26.5 Å².